The summed E-state index contributed by atoms with van der Waals surface area (Å²) in [6, 6.07) is 8.10. The Morgan fingerprint density at radius 3 is 2.93 bits per heavy atom. The third kappa shape index (κ3) is 4.02. The summed E-state index contributed by atoms with van der Waals surface area (Å²) in [6.07, 6.45) is 8.12. The van der Waals surface area contributed by atoms with Gasteiger partial charge in [-0.15, -0.1) is 0 Å². The Balaban J connectivity index is 1.50. The molecule has 2 aliphatic rings. The standard InChI is InChI=1S/C22H27N5O/c1-3-18-21-19(25-15-24-18)8-9-23-22(21)26-17-7-6-16(2)20(14-17)28-13-12-27-10-4-5-11-27/h3,6-9,14-15H,4-5,10-13H2,1-2H3,(H,23,26)(H,24,25)/b18-3+. The maximum atomic E-state index is 6.08. The zero-order chi connectivity index (χ0) is 19.3. The lowest BCUT2D eigenvalue weighted by atomic mass is 10.1. The van der Waals surface area contributed by atoms with E-state index in [9.17, 15) is 0 Å². The van der Waals surface area contributed by atoms with Crippen molar-refractivity contribution in [3.05, 3.63) is 47.7 Å². The van der Waals surface area contributed by atoms with Gasteiger partial charge in [-0.05, 0) is 57.5 Å². The van der Waals surface area contributed by atoms with E-state index in [1.54, 1.807) is 12.5 Å². The normalized spacial score (nSPS) is 17.4. The molecule has 2 N–H and O–H groups in total. The minimum absolute atomic E-state index is 0.713. The molecule has 1 aromatic heterocycles. The molecule has 28 heavy (non-hydrogen) atoms. The molecule has 4 rings (SSSR count). The second-order valence-corrected chi connectivity index (χ2v) is 7.16. The average molecular weight is 377 g/mol. The minimum Gasteiger partial charge on any atom is -0.492 e. The van der Waals surface area contributed by atoms with E-state index < -0.39 is 0 Å². The fraction of sp³-hybridized carbons (Fsp3) is 0.364. The largest absolute Gasteiger partial charge is 0.492 e. The topological polar surface area (TPSA) is 61.8 Å². The van der Waals surface area contributed by atoms with Crippen LogP contribution in [0.25, 0.3) is 5.70 Å². The van der Waals surface area contributed by atoms with Gasteiger partial charge in [0.05, 0.1) is 17.6 Å². The highest BCUT2D eigenvalue weighted by Gasteiger charge is 2.17. The summed E-state index contributed by atoms with van der Waals surface area (Å²) in [6.45, 7) is 8.16. The Morgan fingerprint density at radius 1 is 1.25 bits per heavy atom. The van der Waals surface area contributed by atoms with E-state index in [0.29, 0.717) is 6.61 Å². The van der Waals surface area contributed by atoms with Gasteiger partial charge in [0.1, 0.15) is 18.2 Å². The number of hydrogen-bond donors (Lipinski definition) is 2. The minimum atomic E-state index is 0.713. The first-order chi connectivity index (χ1) is 13.7. The molecule has 0 atom stereocenters. The molecule has 6 heteroatoms. The lowest BCUT2D eigenvalue weighted by molar-refractivity contribution is 0.237. The van der Waals surface area contributed by atoms with Gasteiger partial charge in [-0.1, -0.05) is 12.1 Å². The molecule has 0 unspecified atom stereocenters. The second kappa shape index (κ2) is 8.44. The van der Waals surface area contributed by atoms with E-state index in [1.807, 2.05) is 19.1 Å². The van der Waals surface area contributed by atoms with Gasteiger partial charge in [0.25, 0.3) is 0 Å². The van der Waals surface area contributed by atoms with Crippen molar-refractivity contribution < 1.29 is 4.74 Å². The highest BCUT2D eigenvalue weighted by atomic mass is 16.5. The number of aliphatic imine (C=N–C) groups is 1. The fourth-order valence-electron chi connectivity index (χ4n) is 3.65. The summed E-state index contributed by atoms with van der Waals surface area (Å²) in [7, 11) is 0. The van der Waals surface area contributed by atoms with E-state index >= 15 is 0 Å². The van der Waals surface area contributed by atoms with Crippen LogP contribution < -0.4 is 15.4 Å². The predicted molar refractivity (Wildman–Crippen MR) is 115 cm³/mol. The van der Waals surface area contributed by atoms with Gasteiger partial charge in [-0.2, -0.15) is 0 Å². The van der Waals surface area contributed by atoms with Gasteiger partial charge in [-0.25, -0.2) is 9.98 Å². The van der Waals surface area contributed by atoms with Crippen molar-refractivity contribution in [1.29, 1.82) is 0 Å². The fourth-order valence-corrected chi connectivity index (χ4v) is 3.65. The van der Waals surface area contributed by atoms with E-state index in [4.69, 9.17) is 4.74 Å². The van der Waals surface area contributed by atoms with Crippen LogP contribution >= 0.6 is 0 Å². The molecule has 0 amide bonds. The maximum absolute atomic E-state index is 6.08. The number of likely N-dealkylation sites (tertiary alicyclic amines) is 1. The number of hydrogen-bond acceptors (Lipinski definition) is 6. The van der Waals surface area contributed by atoms with Crippen LogP contribution in [-0.2, 0) is 0 Å². The molecule has 1 saturated heterocycles. The van der Waals surface area contributed by atoms with Crippen LogP contribution in [0.4, 0.5) is 17.2 Å². The number of nitrogens with zero attached hydrogens (tertiary/aromatic N) is 3. The zero-order valence-corrected chi connectivity index (χ0v) is 16.5. The molecule has 1 fully saturated rings. The number of ether oxygens (including phenoxy) is 1. The summed E-state index contributed by atoms with van der Waals surface area (Å²) in [5, 5.41) is 6.63. The Labute approximate surface area is 166 Å². The summed E-state index contributed by atoms with van der Waals surface area (Å²) in [5.41, 5.74) is 4.96. The quantitative estimate of drug-likeness (QED) is 0.789. The molecule has 6 nitrogen and oxygen atoms in total. The van der Waals surface area contributed by atoms with Crippen LogP contribution in [0, 0.1) is 6.92 Å². The van der Waals surface area contributed by atoms with Crippen LogP contribution in [0.3, 0.4) is 0 Å². The zero-order valence-electron chi connectivity index (χ0n) is 16.5. The number of fused-ring (bicyclic) bond motifs is 1. The molecule has 146 valence electrons. The lowest BCUT2D eigenvalue weighted by Gasteiger charge is -2.19. The summed E-state index contributed by atoms with van der Waals surface area (Å²) >= 11 is 0. The monoisotopic (exact) mass is 377 g/mol. The summed E-state index contributed by atoms with van der Waals surface area (Å²) in [5.74, 6) is 1.69. The van der Waals surface area contributed by atoms with Crippen molar-refractivity contribution >= 4 is 29.2 Å². The van der Waals surface area contributed by atoms with Gasteiger partial charge < -0.3 is 15.4 Å². The van der Waals surface area contributed by atoms with Crippen molar-refractivity contribution in [2.45, 2.75) is 26.7 Å². The molecule has 0 aliphatic carbocycles. The molecule has 0 spiro atoms. The van der Waals surface area contributed by atoms with Crippen LogP contribution in [0.5, 0.6) is 5.75 Å². The van der Waals surface area contributed by atoms with Gasteiger partial charge in [0.2, 0.25) is 0 Å². The van der Waals surface area contributed by atoms with Gasteiger partial charge in [-0.3, -0.25) is 4.90 Å². The van der Waals surface area contributed by atoms with Crippen LogP contribution in [0.2, 0.25) is 0 Å². The van der Waals surface area contributed by atoms with E-state index in [0.717, 1.165) is 46.3 Å². The van der Waals surface area contributed by atoms with Crippen molar-refractivity contribution in [1.82, 2.24) is 15.2 Å². The molecule has 0 saturated carbocycles. The van der Waals surface area contributed by atoms with Crippen molar-refractivity contribution in [3.63, 3.8) is 0 Å². The first-order valence-corrected chi connectivity index (χ1v) is 9.92. The van der Waals surface area contributed by atoms with Crippen LogP contribution in [0.15, 0.2) is 41.5 Å². The first-order valence-electron chi connectivity index (χ1n) is 9.92. The molecular weight excluding hydrogens is 350 g/mol. The second-order valence-electron chi connectivity index (χ2n) is 7.16. The third-order valence-electron chi connectivity index (χ3n) is 5.23. The number of pyridine rings is 1. The summed E-state index contributed by atoms with van der Waals surface area (Å²) in [4.78, 5) is 11.4. The van der Waals surface area contributed by atoms with E-state index in [-0.39, 0.29) is 0 Å². The molecule has 0 bridgehead atoms. The number of rotatable bonds is 6. The molecule has 2 aliphatic heterocycles. The molecule has 3 heterocycles. The van der Waals surface area contributed by atoms with Crippen LogP contribution in [-0.4, -0.2) is 42.5 Å². The number of benzene rings is 1. The average Bonchev–Trinajstić information content (AvgIpc) is 3.23. The SMILES string of the molecule is C/C=C1/NC=Nc2ccnc(Nc3ccc(C)c(OCCN4CCCC4)c3)c21. The maximum Gasteiger partial charge on any atom is 0.141 e. The Bertz CT molecular complexity index is 900. The van der Waals surface area contributed by atoms with Crippen molar-refractivity contribution in [2.75, 3.05) is 31.6 Å². The van der Waals surface area contributed by atoms with Gasteiger partial charge >= 0.3 is 0 Å². The van der Waals surface area contributed by atoms with Crippen molar-refractivity contribution in [3.8, 4) is 5.75 Å². The molecule has 2 aromatic rings. The highest BCUT2D eigenvalue weighted by Crippen LogP contribution is 2.34. The van der Waals surface area contributed by atoms with Gasteiger partial charge in [0.15, 0.2) is 0 Å². The third-order valence-corrected chi connectivity index (χ3v) is 5.23. The molecule has 1 aromatic carbocycles. The van der Waals surface area contributed by atoms with Gasteiger partial charge in [0, 0.05) is 30.2 Å². The lowest BCUT2D eigenvalue weighted by Crippen LogP contribution is -2.25. The van der Waals surface area contributed by atoms with Crippen molar-refractivity contribution in [2.24, 2.45) is 4.99 Å². The number of allylic oxidation sites excluding steroid dienone is 1. The highest BCUT2D eigenvalue weighted by molar-refractivity contribution is 5.92. The number of aryl methyl sites for hydroxylation is 1. The first kappa shape index (κ1) is 18.5. The number of aromatic nitrogens is 1. The van der Waals surface area contributed by atoms with E-state index in [2.05, 4.69) is 50.6 Å². The number of nitrogens with one attached hydrogen (secondary N) is 2. The summed E-state index contributed by atoms with van der Waals surface area (Å²) < 4.78 is 6.08. The number of anilines is 2. The smallest absolute Gasteiger partial charge is 0.141 e. The molecule has 0 radical (unpaired) electrons. The Hall–Kier alpha value is -2.86. The Morgan fingerprint density at radius 2 is 2.11 bits per heavy atom. The van der Waals surface area contributed by atoms with E-state index in [1.165, 1.54) is 25.9 Å². The van der Waals surface area contributed by atoms with Crippen LogP contribution in [0.1, 0.15) is 30.9 Å². The molecular formula is C22H27N5O. The predicted octanol–water partition coefficient (Wildman–Crippen LogP) is 4.23. The Kier molecular flexibility index (Phi) is 5.58.